The Balaban J connectivity index is 1.87. The molecule has 2 aliphatic rings. The average molecular weight is 564 g/mol. The molecule has 0 bridgehead atoms. The lowest BCUT2D eigenvalue weighted by atomic mass is 9.87. The fraction of sp³-hybridized carbons (Fsp3) is 0.348. The van der Waals surface area contributed by atoms with Crippen molar-refractivity contribution in [3.05, 3.63) is 67.9 Å². The van der Waals surface area contributed by atoms with Crippen molar-refractivity contribution in [1.29, 1.82) is 5.26 Å². The summed E-state index contributed by atoms with van der Waals surface area (Å²) in [6.45, 7) is -0.174. The number of likely N-dealkylation sites (N-methyl/N-ethyl adjacent to an activating group) is 1. The molecule has 5 nitrogen and oxygen atoms in total. The van der Waals surface area contributed by atoms with Gasteiger partial charge in [-0.15, -0.1) is 0 Å². The highest BCUT2D eigenvalue weighted by Gasteiger charge is 2.82. The van der Waals surface area contributed by atoms with Crippen LogP contribution in [0.2, 0.25) is 15.1 Å². The van der Waals surface area contributed by atoms with Crippen LogP contribution in [-0.2, 0) is 10.2 Å². The molecule has 0 spiro atoms. The maximum Gasteiger partial charge on any atom is 0.257 e. The van der Waals surface area contributed by atoms with Gasteiger partial charge < -0.3 is 10.2 Å². The van der Waals surface area contributed by atoms with Crippen molar-refractivity contribution in [2.45, 2.75) is 34.5 Å². The molecule has 2 saturated carbocycles. The number of nitriles is 1. The van der Waals surface area contributed by atoms with Crippen molar-refractivity contribution in [2.24, 2.45) is 0 Å². The minimum absolute atomic E-state index is 0.115. The van der Waals surface area contributed by atoms with Crippen LogP contribution in [0.3, 0.4) is 0 Å². The SMILES string of the molecule is CNC(=O)C1(c2cccc(C(=O)N(CC#N)C3CC3)c2F)C(c2cc(Cl)c(Cl)c(Cl)c2)C1(Cl)Cl. The minimum Gasteiger partial charge on any atom is -0.358 e. The standard InChI is InChI=1S/C23H17Cl5FN3O2/c1-31-21(34)22(19(23(22,27)28)11-9-15(24)17(26)16(25)10-11)14-4-2-3-13(18(14)29)20(33)32(8-7-30)12-5-6-12/h2-4,9-10,12,19H,5-6,8H2,1H3,(H,31,34). The lowest BCUT2D eigenvalue weighted by Crippen LogP contribution is -2.38. The molecule has 2 aromatic rings. The molecular formula is C23H17Cl5FN3O2. The third-order valence-corrected chi connectivity index (χ3v) is 8.54. The molecule has 2 aliphatic carbocycles. The van der Waals surface area contributed by atoms with E-state index in [0.717, 1.165) is 12.8 Å². The first-order valence-electron chi connectivity index (χ1n) is 10.2. The van der Waals surface area contributed by atoms with Crippen LogP contribution in [0, 0.1) is 17.1 Å². The van der Waals surface area contributed by atoms with E-state index in [1.54, 1.807) is 0 Å². The molecule has 0 radical (unpaired) electrons. The van der Waals surface area contributed by atoms with Crippen LogP contribution in [0.15, 0.2) is 30.3 Å². The number of hydrogen-bond donors (Lipinski definition) is 1. The van der Waals surface area contributed by atoms with Crippen molar-refractivity contribution in [2.75, 3.05) is 13.6 Å². The van der Waals surface area contributed by atoms with E-state index in [0.29, 0.717) is 5.56 Å². The van der Waals surface area contributed by atoms with Gasteiger partial charge in [-0.2, -0.15) is 5.26 Å². The molecule has 2 unspecified atom stereocenters. The first-order chi connectivity index (χ1) is 16.0. The Morgan fingerprint density at radius 3 is 2.35 bits per heavy atom. The minimum atomic E-state index is -1.79. The summed E-state index contributed by atoms with van der Waals surface area (Å²) in [5, 5.41) is 12.0. The number of nitrogens with one attached hydrogen (secondary N) is 1. The lowest BCUT2D eigenvalue weighted by Gasteiger charge is -2.23. The number of rotatable bonds is 6. The first kappa shape index (κ1) is 25.3. The van der Waals surface area contributed by atoms with Crippen LogP contribution < -0.4 is 5.32 Å². The van der Waals surface area contributed by atoms with E-state index < -0.39 is 33.3 Å². The highest BCUT2D eigenvalue weighted by Crippen LogP contribution is 2.75. The van der Waals surface area contributed by atoms with Crippen LogP contribution in [0.4, 0.5) is 4.39 Å². The zero-order valence-electron chi connectivity index (χ0n) is 17.6. The number of carbonyl (C=O) groups excluding carboxylic acids is 2. The van der Waals surface area contributed by atoms with Gasteiger partial charge in [-0.3, -0.25) is 9.59 Å². The van der Waals surface area contributed by atoms with Crippen molar-refractivity contribution in [3.8, 4) is 6.07 Å². The Labute approximate surface area is 220 Å². The summed E-state index contributed by atoms with van der Waals surface area (Å²) < 4.78 is 14.2. The molecular weight excluding hydrogens is 547 g/mol. The van der Waals surface area contributed by atoms with E-state index in [9.17, 15) is 9.59 Å². The summed E-state index contributed by atoms with van der Waals surface area (Å²) in [7, 11) is 1.37. The monoisotopic (exact) mass is 561 g/mol. The van der Waals surface area contributed by atoms with Gasteiger partial charge in [0, 0.05) is 24.6 Å². The first-order valence-corrected chi connectivity index (χ1v) is 12.1. The zero-order valence-corrected chi connectivity index (χ0v) is 21.4. The highest BCUT2D eigenvalue weighted by atomic mass is 35.5. The smallest absolute Gasteiger partial charge is 0.257 e. The van der Waals surface area contributed by atoms with E-state index in [1.807, 2.05) is 6.07 Å². The van der Waals surface area contributed by atoms with Gasteiger partial charge in [-0.05, 0) is 36.6 Å². The van der Waals surface area contributed by atoms with E-state index in [-0.39, 0.29) is 38.8 Å². The predicted octanol–water partition coefficient (Wildman–Crippen LogP) is 5.87. The number of benzene rings is 2. The molecule has 2 aromatic carbocycles. The Morgan fingerprint density at radius 1 is 1.21 bits per heavy atom. The van der Waals surface area contributed by atoms with E-state index >= 15 is 4.39 Å². The number of nitrogens with zero attached hydrogens (tertiary/aromatic N) is 2. The number of hydrogen-bond acceptors (Lipinski definition) is 3. The molecule has 0 heterocycles. The van der Waals surface area contributed by atoms with E-state index in [2.05, 4.69) is 5.32 Å². The number of halogens is 6. The van der Waals surface area contributed by atoms with Crippen molar-refractivity contribution < 1.29 is 14.0 Å². The molecule has 1 N–H and O–H groups in total. The second-order valence-electron chi connectivity index (χ2n) is 8.23. The van der Waals surface area contributed by atoms with E-state index in [4.69, 9.17) is 63.3 Å². The van der Waals surface area contributed by atoms with Crippen LogP contribution in [0.5, 0.6) is 0 Å². The molecule has 2 atom stereocenters. The van der Waals surface area contributed by atoms with Gasteiger partial charge in [0.05, 0.1) is 26.7 Å². The van der Waals surface area contributed by atoms with E-state index in [1.165, 1.54) is 42.3 Å². The molecule has 4 rings (SSSR count). The second-order valence-corrected chi connectivity index (χ2v) is 10.8. The molecule has 0 aliphatic heterocycles. The van der Waals surface area contributed by atoms with Crippen molar-refractivity contribution in [1.82, 2.24) is 10.2 Å². The Hall–Kier alpha value is -1.75. The molecule has 2 amide bonds. The predicted molar refractivity (Wildman–Crippen MR) is 130 cm³/mol. The summed E-state index contributed by atoms with van der Waals surface area (Å²) in [5.41, 5.74) is -1.83. The van der Waals surface area contributed by atoms with Gasteiger partial charge >= 0.3 is 0 Å². The normalized spacial score (nSPS) is 22.6. The Bertz CT molecular complexity index is 1220. The van der Waals surface area contributed by atoms with Gasteiger partial charge in [0.25, 0.3) is 5.91 Å². The van der Waals surface area contributed by atoms with Gasteiger partial charge in [0.2, 0.25) is 5.91 Å². The summed E-state index contributed by atoms with van der Waals surface area (Å²) in [5.74, 6) is -3.17. The fourth-order valence-electron chi connectivity index (χ4n) is 4.53. The third-order valence-electron chi connectivity index (χ3n) is 6.31. The highest BCUT2D eigenvalue weighted by molar-refractivity contribution is 6.55. The van der Waals surface area contributed by atoms with Crippen molar-refractivity contribution in [3.63, 3.8) is 0 Å². The van der Waals surface area contributed by atoms with Crippen LogP contribution in [0.25, 0.3) is 0 Å². The number of alkyl halides is 2. The molecule has 0 aromatic heterocycles. The topological polar surface area (TPSA) is 73.2 Å². The van der Waals surface area contributed by atoms with Crippen LogP contribution in [-0.4, -0.2) is 40.7 Å². The maximum atomic E-state index is 16.0. The maximum absolute atomic E-state index is 16.0. The van der Waals surface area contributed by atoms with Gasteiger partial charge in [0.1, 0.15) is 22.1 Å². The van der Waals surface area contributed by atoms with Gasteiger partial charge in [-0.1, -0.05) is 70.1 Å². The number of amides is 2. The zero-order chi connectivity index (χ0) is 25.0. The Morgan fingerprint density at radius 2 is 1.82 bits per heavy atom. The quantitative estimate of drug-likeness (QED) is 0.272. The van der Waals surface area contributed by atoms with Gasteiger partial charge in [0.15, 0.2) is 0 Å². The van der Waals surface area contributed by atoms with Crippen molar-refractivity contribution >= 4 is 69.8 Å². The molecule has 178 valence electrons. The second kappa shape index (κ2) is 9.04. The molecule has 11 heteroatoms. The summed E-state index contributed by atoms with van der Waals surface area (Å²) in [4.78, 5) is 27.7. The molecule has 0 saturated heterocycles. The Kier molecular flexibility index (Phi) is 6.74. The van der Waals surface area contributed by atoms with Crippen LogP contribution >= 0.6 is 58.0 Å². The third kappa shape index (κ3) is 3.73. The lowest BCUT2D eigenvalue weighted by molar-refractivity contribution is -0.123. The largest absolute Gasteiger partial charge is 0.358 e. The fourth-order valence-corrected chi connectivity index (χ4v) is 6.20. The van der Waals surface area contributed by atoms with Gasteiger partial charge in [-0.25, -0.2) is 4.39 Å². The summed E-state index contributed by atoms with van der Waals surface area (Å²) in [6.07, 6.45) is 1.48. The number of carbonyl (C=O) groups is 2. The molecule has 34 heavy (non-hydrogen) atoms. The van der Waals surface area contributed by atoms with Crippen LogP contribution in [0.1, 0.15) is 40.2 Å². The molecule has 2 fully saturated rings. The summed E-state index contributed by atoms with van der Waals surface area (Å²) in [6, 6.07) is 8.90. The average Bonchev–Trinajstić information content (AvgIpc) is 3.70. The summed E-state index contributed by atoms with van der Waals surface area (Å²) >= 11 is 31.8.